The quantitative estimate of drug-likeness (QED) is 0.637. The normalized spacial score (nSPS) is 14.0. The Morgan fingerprint density at radius 1 is 0.810 bits per heavy atom. The molecule has 0 heterocycles. The van der Waals surface area contributed by atoms with E-state index in [4.69, 9.17) is 34.8 Å². The maximum absolute atomic E-state index is 6.30. The standard InChI is InChI=1S/C17H18Cl3N/c1-10-6-4-5-7-13(10)11(2)21-12(3)14-8-9-15(18)17(20)16(14)19/h4-9,11-12,21H,1-3H3/t11-,12?/m0/s1. The number of aryl methyl sites for hydroxylation is 1. The average molecular weight is 343 g/mol. The highest BCUT2D eigenvalue weighted by Crippen LogP contribution is 2.36. The van der Waals surface area contributed by atoms with Gasteiger partial charge in [0.25, 0.3) is 0 Å². The Balaban J connectivity index is 2.20. The molecule has 0 fully saturated rings. The van der Waals surface area contributed by atoms with Gasteiger partial charge in [0.1, 0.15) is 0 Å². The van der Waals surface area contributed by atoms with Crippen LogP contribution in [-0.4, -0.2) is 0 Å². The average Bonchev–Trinajstić information content (AvgIpc) is 2.45. The van der Waals surface area contributed by atoms with Gasteiger partial charge in [0, 0.05) is 12.1 Å². The molecule has 2 aromatic carbocycles. The van der Waals surface area contributed by atoms with E-state index in [1.54, 1.807) is 6.07 Å². The number of rotatable bonds is 4. The fourth-order valence-corrected chi connectivity index (χ4v) is 3.21. The van der Waals surface area contributed by atoms with Crippen molar-refractivity contribution < 1.29 is 0 Å². The van der Waals surface area contributed by atoms with Gasteiger partial charge in [-0.1, -0.05) is 65.1 Å². The first-order chi connectivity index (χ1) is 9.91. The second-order valence-corrected chi connectivity index (χ2v) is 6.39. The summed E-state index contributed by atoms with van der Waals surface area (Å²) in [5, 5.41) is 4.96. The number of nitrogens with one attached hydrogen (secondary N) is 1. The smallest absolute Gasteiger partial charge is 0.0781 e. The summed E-state index contributed by atoms with van der Waals surface area (Å²) in [6.07, 6.45) is 0. The molecule has 1 N–H and O–H groups in total. The molecular weight excluding hydrogens is 325 g/mol. The molecule has 0 aromatic heterocycles. The topological polar surface area (TPSA) is 12.0 Å². The summed E-state index contributed by atoms with van der Waals surface area (Å²) in [5.74, 6) is 0. The van der Waals surface area contributed by atoms with Gasteiger partial charge >= 0.3 is 0 Å². The summed E-state index contributed by atoms with van der Waals surface area (Å²) in [7, 11) is 0. The number of hydrogen-bond acceptors (Lipinski definition) is 1. The largest absolute Gasteiger partial charge is 0.304 e. The van der Waals surface area contributed by atoms with Crippen molar-refractivity contribution in [3.05, 3.63) is 68.2 Å². The molecule has 0 spiro atoms. The molecule has 2 atom stereocenters. The van der Waals surface area contributed by atoms with E-state index >= 15 is 0 Å². The van der Waals surface area contributed by atoms with Crippen LogP contribution in [0.25, 0.3) is 0 Å². The van der Waals surface area contributed by atoms with Crippen LogP contribution in [0.3, 0.4) is 0 Å². The van der Waals surface area contributed by atoms with E-state index in [0.717, 1.165) is 5.56 Å². The lowest BCUT2D eigenvalue weighted by Gasteiger charge is -2.23. The Morgan fingerprint density at radius 2 is 1.43 bits per heavy atom. The number of halogens is 3. The van der Waals surface area contributed by atoms with Crippen LogP contribution >= 0.6 is 34.8 Å². The predicted molar refractivity (Wildman–Crippen MR) is 92.6 cm³/mol. The van der Waals surface area contributed by atoms with Gasteiger partial charge in [-0.25, -0.2) is 0 Å². The summed E-state index contributed by atoms with van der Waals surface area (Å²) < 4.78 is 0. The Hall–Kier alpha value is -0.730. The van der Waals surface area contributed by atoms with Crippen molar-refractivity contribution in [2.75, 3.05) is 0 Å². The molecular formula is C17H18Cl3N. The second-order valence-electron chi connectivity index (χ2n) is 5.23. The van der Waals surface area contributed by atoms with E-state index in [1.165, 1.54) is 11.1 Å². The molecule has 1 unspecified atom stereocenters. The van der Waals surface area contributed by atoms with Gasteiger partial charge in [0.15, 0.2) is 0 Å². The fraction of sp³-hybridized carbons (Fsp3) is 0.294. The first-order valence-corrected chi connectivity index (χ1v) is 8.00. The molecule has 0 aliphatic rings. The summed E-state index contributed by atoms with van der Waals surface area (Å²) in [4.78, 5) is 0. The fourth-order valence-electron chi connectivity index (χ4n) is 2.50. The lowest BCUT2D eigenvalue weighted by Crippen LogP contribution is -2.23. The molecule has 0 aliphatic carbocycles. The molecule has 2 aromatic rings. The molecule has 112 valence electrons. The number of hydrogen-bond donors (Lipinski definition) is 1. The van der Waals surface area contributed by atoms with E-state index in [0.29, 0.717) is 15.1 Å². The molecule has 4 heteroatoms. The first kappa shape index (κ1) is 16.6. The highest BCUT2D eigenvalue weighted by molar-refractivity contribution is 6.48. The van der Waals surface area contributed by atoms with Crippen LogP contribution < -0.4 is 5.32 Å². The first-order valence-electron chi connectivity index (χ1n) is 6.86. The van der Waals surface area contributed by atoms with Crippen molar-refractivity contribution in [1.29, 1.82) is 0 Å². The van der Waals surface area contributed by atoms with E-state index in [2.05, 4.69) is 44.3 Å². The third-order valence-electron chi connectivity index (χ3n) is 3.69. The van der Waals surface area contributed by atoms with Gasteiger partial charge in [-0.05, 0) is 43.5 Å². The second kappa shape index (κ2) is 7.02. The third-order valence-corrected chi connectivity index (χ3v) is 4.99. The summed E-state index contributed by atoms with van der Waals surface area (Å²) >= 11 is 18.4. The molecule has 21 heavy (non-hydrogen) atoms. The minimum Gasteiger partial charge on any atom is -0.304 e. The molecule has 0 radical (unpaired) electrons. The highest BCUT2D eigenvalue weighted by atomic mass is 35.5. The van der Waals surface area contributed by atoms with Crippen LogP contribution in [0.1, 0.15) is 42.6 Å². The van der Waals surface area contributed by atoms with Gasteiger partial charge in [0.2, 0.25) is 0 Å². The Morgan fingerprint density at radius 3 is 2.10 bits per heavy atom. The van der Waals surface area contributed by atoms with Crippen LogP contribution in [0.2, 0.25) is 15.1 Å². The van der Waals surface area contributed by atoms with Gasteiger partial charge < -0.3 is 5.32 Å². The summed E-state index contributed by atoms with van der Waals surface area (Å²) in [6, 6.07) is 12.3. The monoisotopic (exact) mass is 341 g/mol. The summed E-state index contributed by atoms with van der Waals surface area (Å²) in [6.45, 7) is 6.33. The molecule has 0 saturated carbocycles. The van der Waals surface area contributed by atoms with E-state index in [1.807, 2.05) is 12.1 Å². The van der Waals surface area contributed by atoms with Crippen LogP contribution in [0.4, 0.5) is 0 Å². The van der Waals surface area contributed by atoms with Gasteiger partial charge in [0.05, 0.1) is 15.1 Å². The van der Waals surface area contributed by atoms with E-state index in [-0.39, 0.29) is 12.1 Å². The maximum Gasteiger partial charge on any atom is 0.0781 e. The van der Waals surface area contributed by atoms with Crippen LogP contribution in [0.15, 0.2) is 36.4 Å². The molecule has 0 amide bonds. The maximum atomic E-state index is 6.30. The number of benzene rings is 2. The minimum atomic E-state index is 0.0712. The zero-order valence-electron chi connectivity index (χ0n) is 12.3. The Bertz CT molecular complexity index is 640. The zero-order valence-corrected chi connectivity index (χ0v) is 14.5. The van der Waals surface area contributed by atoms with Crippen molar-refractivity contribution in [2.24, 2.45) is 0 Å². The van der Waals surface area contributed by atoms with Gasteiger partial charge in [-0.15, -0.1) is 0 Å². The highest BCUT2D eigenvalue weighted by Gasteiger charge is 2.17. The van der Waals surface area contributed by atoms with Crippen molar-refractivity contribution in [3.63, 3.8) is 0 Å². The van der Waals surface area contributed by atoms with Crippen LogP contribution in [0, 0.1) is 6.92 Å². The van der Waals surface area contributed by atoms with Crippen LogP contribution in [-0.2, 0) is 0 Å². The van der Waals surface area contributed by atoms with E-state index in [9.17, 15) is 0 Å². The molecule has 1 nitrogen and oxygen atoms in total. The van der Waals surface area contributed by atoms with Gasteiger partial charge in [-0.2, -0.15) is 0 Å². The van der Waals surface area contributed by atoms with Crippen molar-refractivity contribution >= 4 is 34.8 Å². The van der Waals surface area contributed by atoms with Crippen molar-refractivity contribution in [3.8, 4) is 0 Å². The summed E-state index contributed by atoms with van der Waals surface area (Å²) in [5.41, 5.74) is 3.50. The Labute approximate surface area is 141 Å². The van der Waals surface area contributed by atoms with Crippen LogP contribution in [0.5, 0.6) is 0 Å². The molecule has 0 bridgehead atoms. The Kier molecular flexibility index (Phi) is 5.56. The lowest BCUT2D eigenvalue weighted by molar-refractivity contribution is 0.493. The lowest BCUT2D eigenvalue weighted by atomic mass is 10.0. The van der Waals surface area contributed by atoms with Crippen molar-refractivity contribution in [2.45, 2.75) is 32.9 Å². The molecule has 2 rings (SSSR count). The third kappa shape index (κ3) is 3.73. The van der Waals surface area contributed by atoms with E-state index < -0.39 is 0 Å². The SMILES string of the molecule is Cc1ccccc1[C@H](C)NC(C)c1ccc(Cl)c(Cl)c1Cl. The molecule has 0 saturated heterocycles. The molecule has 0 aliphatic heterocycles. The zero-order chi connectivity index (χ0) is 15.6. The van der Waals surface area contributed by atoms with Crippen molar-refractivity contribution in [1.82, 2.24) is 5.32 Å². The minimum absolute atomic E-state index is 0.0712. The van der Waals surface area contributed by atoms with Gasteiger partial charge in [-0.3, -0.25) is 0 Å². The predicted octanol–water partition coefficient (Wildman–Crippen LogP) is 6.37.